The summed E-state index contributed by atoms with van der Waals surface area (Å²) in [6, 6.07) is 5.07. The molecule has 142 valence electrons. The number of likely N-dealkylation sites (tertiary alicyclic amines) is 1. The molecule has 1 aromatic carbocycles. The van der Waals surface area contributed by atoms with Crippen molar-refractivity contribution in [2.45, 2.75) is 36.6 Å². The second-order valence-electron chi connectivity index (χ2n) is 6.87. The number of hydrogen-bond acceptors (Lipinski definition) is 4. The van der Waals surface area contributed by atoms with E-state index in [9.17, 15) is 12.8 Å². The normalized spacial score (nSPS) is 23.2. The smallest absolute Gasteiger partial charge is 0.240 e. The summed E-state index contributed by atoms with van der Waals surface area (Å²) in [6.45, 7) is 4.96. The van der Waals surface area contributed by atoms with E-state index in [0.717, 1.165) is 51.6 Å². The molecule has 1 aromatic rings. The first-order valence-electron chi connectivity index (χ1n) is 8.74. The quantitative estimate of drug-likeness (QED) is 0.805. The van der Waals surface area contributed by atoms with E-state index >= 15 is 0 Å². The van der Waals surface area contributed by atoms with Gasteiger partial charge in [-0.05, 0) is 69.4 Å². The first-order valence-corrected chi connectivity index (χ1v) is 10.2. The van der Waals surface area contributed by atoms with E-state index in [-0.39, 0.29) is 23.3 Å². The minimum absolute atomic E-state index is 0. The molecule has 0 spiro atoms. The summed E-state index contributed by atoms with van der Waals surface area (Å²) < 4.78 is 40.9. The molecule has 2 heterocycles. The number of rotatable bonds is 5. The summed E-state index contributed by atoms with van der Waals surface area (Å²) >= 11 is 0. The van der Waals surface area contributed by atoms with Crippen molar-refractivity contribution in [3.63, 3.8) is 0 Å². The summed E-state index contributed by atoms with van der Waals surface area (Å²) in [4.78, 5) is 2.37. The zero-order chi connectivity index (χ0) is 17.0. The standard InChI is InChI=1S/C17H26FN3O2S.ClH/c18-15-3-1-5-17(11-15)24(22,23)20-16-4-2-10-21(13-16)12-14-6-8-19-9-7-14;/h1,3,5,11,14,16,19-20H,2,4,6-10,12-13H2;1H. The van der Waals surface area contributed by atoms with E-state index in [4.69, 9.17) is 0 Å². The van der Waals surface area contributed by atoms with Crippen molar-refractivity contribution < 1.29 is 12.8 Å². The van der Waals surface area contributed by atoms with Crippen LogP contribution in [0.1, 0.15) is 25.7 Å². The fourth-order valence-corrected chi connectivity index (χ4v) is 4.96. The summed E-state index contributed by atoms with van der Waals surface area (Å²) in [5, 5.41) is 3.37. The number of piperidine rings is 2. The molecule has 0 radical (unpaired) electrons. The maximum absolute atomic E-state index is 13.3. The van der Waals surface area contributed by atoms with Crippen LogP contribution in [0.2, 0.25) is 0 Å². The minimum Gasteiger partial charge on any atom is -0.317 e. The summed E-state index contributed by atoms with van der Waals surface area (Å²) in [5.41, 5.74) is 0. The Labute approximate surface area is 155 Å². The molecule has 2 saturated heterocycles. The van der Waals surface area contributed by atoms with Crippen LogP contribution in [0.3, 0.4) is 0 Å². The van der Waals surface area contributed by atoms with Gasteiger partial charge >= 0.3 is 0 Å². The van der Waals surface area contributed by atoms with Gasteiger partial charge in [-0.25, -0.2) is 17.5 Å². The molecule has 1 atom stereocenters. The summed E-state index contributed by atoms with van der Waals surface area (Å²) in [5.74, 6) is 0.166. The number of halogens is 2. The molecule has 8 heteroatoms. The molecule has 2 fully saturated rings. The van der Waals surface area contributed by atoms with Gasteiger partial charge in [-0.1, -0.05) is 6.07 Å². The Hall–Kier alpha value is -0.730. The highest BCUT2D eigenvalue weighted by Gasteiger charge is 2.27. The average molecular weight is 392 g/mol. The van der Waals surface area contributed by atoms with Gasteiger partial charge in [-0.3, -0.25) is 0 Å². The molecule has 0 aliphatic carbocycles. The third-order valence-electron chi connectivity index (χ3n) is 4.91. The number of hydrogen-bond donors (Lipinski definition) is 2. The van der Waals surface area contributed by atoms with Crippen molar-refractivity contribution in [2.75, 3.05) is 32.7 Å². The highest BCUT2D eigenvalue weighted by Crippen LogP contribution is 2.19. The average Bonchev–Trinajstić information content (AvgIpc) is 2.56. The number of nitrogens with one attached hydrogen (secondary N) is 2. The Morgan fingerprint density at radius 3 is 2.72 bits per heavy atom. The van der Waals surface area contributed by atoms with Crippen LogP contribution >= 0.6 is 12.4 Å². The van der Waals surface area contributed by atoms with Crippen LogP contribution in [0.15, 0.2) is 29.2 Å². The molecule has 0 saturated carbocycles. The fraction of sp³-hybridized carbons (Fsp3) is 0.647. The molecule has 2 aliphatic rings. The molecule has 0 amide bonds. The van der Waals surface area contributed by atoms with Crippen LogP contribution < -0.4 is 10.0 Å². The van der Waals surface area contributed by atoms with Gasteiger partial charge in [0.15, 0.2) is 0 Å². The SMILES string of the molecule is Cl.O=S(=O)(NC1CCCN(CC2CCNCC2)C1)c1cccc(F)c1. The molecule has 25 heavy (non-hydrogen) atoms. The van der Waals surface area contributed by atoms with Gasteiger partial charge in [0.25, 0.3) is 0 Å². The van der Waals surface area contributed by atoms with Crippen molar-refractivity contribution in [1.82, 2.24) is 14.9 Å². The van der Waals surface area contributed by atoms with Gasteiger partial charge in [0.2, 0.25) is 10.0 Å². The van der Waals surface area contributed by atoms with Crippen LogP contribution in [0.25, 0.3) is 0 Å². The Morgan fingerprint density at radius 2 is 2.00 bits per heavy atom. The highest BCUT2D eigenvalue weighted by atomic mass is 35.5. The zero-order valence-electron chi connectivity index (χ0n) is 14.3. The lowest BCUT2D eigenvalue weighted by molar-refractivity contribution is 0.160. The maximum atomic E-state index is 13.3. The van der Waals surface area contributed by atoms with Crippen molar-refractivity contribution in [2.24, 2.45) is 5.92 Å². The largest absolute Gasteiger partial charge is 0.317 e. The van der Waals surface area contributed by atoms with Crippen LogP contribution in [-0.2, 0) is 10.0 Å². The van der Waals surface area contributed by atoms with Crippen molar-refractivity contribution in [3.8, 4) is 0 Å². The van der Waals surface area contributed by atoms with E-state index in [1.165, 1.54) is 31.0 Å². The topological polar surface area (TPSA) is 61.4 Å². The van der Waals surface area contributed by atoms with Gasteiger partial charge in [0.05, 0.1) is 4.90 Å². The van der Waals surface area contributed by atoms with Gasteiger partial charge < -0.3 is 10.2 Å². The summed E-state index contributed by atoms with van der Waals surface area (Å²) in [6.07, 6.45) is 4.20. The summed E-state index contributed by atoms with van der Waals surface area (Å²) in [7, 11) is -3.67. The van der Waals surface area contributed by atoms with Crippen LogP contribution in [0.4, 0.5) is 4.39 Å². The lowest BCUT2D eigenvalue weighted by Gasteiger charge is -2.36. The third-order valence-corrected chi connectivity index (χ3v) is 6.43. The second-order valence-corrected chi connectivity index (χ2v) is 8.58. The molecule has 5 nitrogen and oxygen atoms in total. The zero-order valence-corrected chi connectivity index (χ0v) is 15.9. The van der Waals surface area contributed by atoms with Crippen LogP contribution in [-0.4, -0.2) is 52.1 Å². The van der Waals surface area contributed by atoms with Crippen molar-refractivity contribution in [3.05, 3.63) is 30.1 Å². The first kappa shape index (κ1) is 20.6. The monoisotopic (exact) mass is 391 g/mol. The van der Waals surface area contributed by atoms with Crippen LogP contribution in [0, 0.1) is 11.7 Å². The van der Waals surface area contributed by atoms with Crippen LogP contribution in [0.5, 0.6) is 0 Å². The number of sulfonamides is 1. The predicted molar refractivity (Wildman–Crippen MR) is 99.0 cm³/mol. The van der Waals surface area contributed by atoms with Gasteiger partial charge in [-0.15, -0.1) is 12.4 Å². The molecule has 1 unspecified atom stereocenters. The first-order chi connectivity index (χ1) is 11.5. The molecule has 2 aliphatic heterocycles. The predicted octanol–water partition coefficient (Wildman–Crippen LogP) is 1.99. The molecule has 0 aromatic heterocycles. The molecular weight excluding hydrogens is 365 g/mol. The Morgan fingerprint density at radius 1 is 1.24 bits per heavy atom. The molecular formula is C17H27ClFN3O2S. The van der Waals surface area contributed by atoms with Gasteiger partial charge in [-0.2, -0.15) is 0 Å². The maximum Gasteiger partial charge on any atom is 0.240 e. The number of nitrogens with zero attached hydrogens (tertiary/aromatic N) is 1. The Balaban J connectivity index is 0.00000225. The van der Waals surface area contributed by atoms with E-state index in [1.807, 2.05) is 0 Å². The van der Waals surface area contributed by atoms with E-state index < -0.39 is 15.8 Å². The fourth-order valence-electron chi connectivity index (χ4n) is 3.67. The molecule has 0 bridgehead atoms. The molecule has 2 N–H and O–H groups in total. The lowest BCUT2D eigenvalue weighted by Crippen LogP contribution is -2.49. The van der Waals surface area contributed by atoms with E-state index in [1.54, 1.807) is 0 Å². The molecule has 3 rings (SSSR count). The third kappa shape index (κ3) is 5.89. The van der Waals surface area contributed by atoms with Crippen molar-refractivity contribution in [1.29, 1.82) is 0 Å². The highest BCUT2D eigenvalue weighted by molar-refractivity contribution is 7.89. The van der Waals surface area contributed by atoms with Crippen molar-refractivity contribution >= 4 is 22.4 Å². The second kappa shape index (κ2) is 9.28. The van der Waals surface area contributed by atoms with E-state index in [0.29, 0.717) is 5.92 Å². The Kier molecular flexibility index (Phi) is 7.64. The minimum atomic E-state index is -3.67. The van der Waals surface area contributed by atoms with E-state index in [2.05, 4.69) is 14.9 Å². The lowest BCUT2D eigenvalue weighted by atomic mass is 9.96. The van der Waals surface area contributed by atoms with Gasteiger partial charge in [0, 0.05) is 19.1 Å². The van der Waals surface area contributed by atoms with Gasteiger partial charge in [0.1, 0.15) is 5.82 Å². The number of benzene rings is 1. The Bertz CT molecular complexity index is 653.